The van der Waals surface area contributed by atoms with E-state index >= 15 is 0 Å². The second-order valence-corrected chi connectivity index (χ2v) is 9.00. The maximum Gasteiger partial charge on any atom is 0.261 e. The zero-order valence-corrected chi connectivity index (χ0v) is 16.1. The zero-order chi connectivity index (χ0) is 18.2. The third-order valence-electron chi connectivity index (χ3n) is 3.81. The van der Waals surface area contributed by atoms with Gasteiger partial charge in [-0.3, -0.25) is 9.52 Å². The zero-order valence-electron chi connectivity index (χ0n) is 13.7. The minimum absolute atomic E-state index is 0.145. The standard InChI is InChI=1S/C17H17BrN2O4S/c1-17(2)10-24-15-8-5-12(9-14(15)19-16(17)21)20-25(22,23)13-6-3-11(18)4-7-13/h3-9,20H,10H2,1-2H3,(H,19,21). The molecule has 0 aromatic heterocycles. The molecule has 1 heterocycles. The fourth-order valence-corrected chi connectivity index (χ4v) is 3.57. The first-order valence-electron chi connectivity index (χ1n) is 7.54. The van der Waals surface area contributed by atoms with Gasteiger partial charge < -0.3 is 10.1 Å². The molecule has 8 heteroatoms. The van der Waals surface area contributed by atoms with E-state index < -0.39 is 15.4 Å². The van der Waals surface area contributed by atoms with Crippen molar-refractivity contribution in [2.24, 2.45) is 5.41 Å². The molecule has 2 N–H and O–H groups in total. The third-order valence-corrected chi connectivity index (χ3v) is 5.73. The normalized spacial score (nSPS) is 16.2. The Morgan fingerprint density at radius 3 is 2.52 bits per heavy atom. The van der Waals surface area contributed by atoms with Gasteiger partial charge >= 0.3 is 0 Å². The number of fused-ring (bicyclic) bond motifs is 1. The fourth-order valence-electron chi connectivity index (χ4n) is 2.26. The van der Waals surface area contributed by atoms with Crippen LogP contribution in [0.5, 0.6) is 5.75 Å². The van der Waals surface area contributed by atoms with Crippen molar-refractivity contribution in [2.75, 3.05) is 16.6 Å². The minimum atomic E-state index is -3.73. The molecule has 132 valence electrons. The third kappa shape index (κ3) is 3.80. The Morgan fingerprint density at radius 2 is 1.84 bits per heavy atom. The Labute approximate surface area is 154 Å². The molecule has 1 amide bonds. The number of anilines is 2. The Kier molecular flexibility index (Phi) is 4.51. The van der Waals surface area contributed by atoms with Crippen LogP contribution in [-0.4, -0.2) is 20.9 Å². The van der Waals surface area contributed by atoms with Crippen LogP contribution in [0.3, 0.4) is 0 Å². The number of hydrogen-bond acceptors (Lipinski definition) is 4. The summed E-state index contributed by atoms with van der Waals surface area (Å²) in [5.41, 5.74) is 0.104. The Balaban J connectivity index is 1.88. The van der Waals surface area contributed by atoms with E-state index in [1.54, 1.807) is 44.2 Å². The highest BCUT2D eigenvalue weighted by Gasteiger charge is 2.32. The summed E-state index contributed by atoms with van der Waals surface area (Å²) in [4.78, 5) is 12.4. The molecular formula is C17H17BrN2O4S. The van der Waals surface area contributed by atoms with Crippen molar-refractivity contribution in [2.45, 2.75) is 18.7 Å². The SMILES string of the molecule is CC1(C)COc2ccc(NS(=O)(=O)c3ccc(Br)cc3)cc2NC1=O. The molecule has 0 aliphatic carbocycles. The van der Waals surface area contributed by atoms with Gasteiger partial charge in [-0.2, -0.15) is 0 Å². The van der Waals surface area contributed by atoms with Crippen LogP contribution in [0.4, 0.5) is 11.4 Å². The molecule has 2 aromatic carbocycles. The number of hydrogen-bond donors (Lipinski definition) is 2. The van der Waals surface area contributed by atoms with Gasteiger partial charge in [0, 0.05) is 4.47 Å². The van der Waals surface area contributed by atoms with E-state index in [9.17, 15) is 13.2 Å². The number of benzene rings is 2. The number of halogens is 1. The van der Waals surface area contributed by atoms with Crippen LogP contribution in [0.2, 0.25) is 0 Å². The number of carbonyl (C=O) groups excluding carboxylic acids is 1. The van der Waals surface area contributed by atoms with Crippen LogP contribution >= 0.6 is 15.9 Å². The van der Waals surface area contributed by atoms with Gasteiger partial charge in [0.25, 0.3) is 10.0 Å². The van der Waals surface area contributed by atoms with Crippen LogP contribution in [0.25, 0.3) is 0 Å². The summed E-state index contributed by atoms with van der Waals surface area (Å²) < 4.78 is 33.9. The maximum atomic E-state index is 12.5. The Bertz CT molecular complexity index is 924. The summed E-state index contributed by atoms with van der Waals surface area (Å²) in [6, 6.07) is 11.1. The molecule has 3 rings (SSSR count). The predicted octanol–water partition coefficient (Wildman–Crippen LogP) is 3.61. The van der Waals surface area contributed by atoms with Gasteiger partial charge in [0.15, 0.2) is 0 Å². The van der Waals surface area contributed by atoms with Crippen molar-refractivity contribution in [3.8, 4) is 5.75 Å². The molecule has 1 aliphatic rings. The van der Waals surface area contributed by atoms with Crippen LogP contribution < -0.4 is 14.8 Å². The van der Waals surface area contributed by atoms with Crippen LogP contribution in [0.15, 0.2) is 51.8 Å². The first-order chi connectivity index (χ1) is 11.7. The number of amides is 1. The lowest BCUT2D eigenvalue weighted by Crippen LogP contribution is -2.33. The summed E-state index contributed by atoms with van der Waals surface area (Å²) in [5.74, 6) is 0.324. The molecule has 0 saturated carbocycles. The highest BCUT2D eigenvalue weighted by Crippen LogP contribution is 2.34. The summed E-state index contributed by atoms with van der Waals surface area (Å²) in [6.07, 6.45) is 0. The Morgan fingerprint density at radius 1 is 1.16 bits per heavy atom. The van der Waals surface area contributed by atoms with Crippen LogP contribution in [-0.2, 0) is 14.8 Å². The molecule has 0 saturated heterocycles. The van der Waals surface area contributed by atoms with E-state index in [0.717, 1.165) is 4.47 Å². The van der Waals surface area contributed by atoms with Crippen molar-refractivity contribution in [1.82, 2.24) is 0 Å². The van der Waals surface area contributed by atoms with E-state index in [2.05, 4.69) is 26.0 Å². The van der Waals surface area contributed by atoms with E-state index in [1.165, 1.54) is 12.1 Å². The monoisotopic (exact) mass is 424 g/mol. The highest BCUT2D eigenvalue weighted by atomic mass is 79.9. The van der Waals surface area contributed by atoms with E-state index in [4.69, 9.17) is 4.74 Å². The van der Waals surface area contributed by atoms with Gasteiger partial charge in [-0.15, -0.1) is 0 Å². The smallest absolute Gasteiger partial charge is 0.261 e. The van der Waals surface area contributed by atoms with E-state index in [1.807, 2.05) is 0 Å². The van der Waals surface area contributed by atoms with Crippen molar-refractivity contribution >= 4 is 43.2 Å². The summed E-state index contributed by atoms with van der Waals surface area (Å²) in [6.45, 7) is 3.81. The largest absolute Gasteiger partial charge is 0.490 e. The van der Waals surface area contributed by atoms with Crippen LogP contribution in [0, 0.1) is 5.41 Å². The summed E-state index contributed by atoms with van der Waals surface area (Å²) >= 11 is 3.27. The molecule has 0 spiro atoms. The molecule has 1 aliphatic heterocycles. The second-order valence-electron chi connectivity index (χ2n) is 6.40. The number of ether oxygens (including phenoxy) is 1. The lowest BCUT2D eigenvalue weighted by Gasteiger charge is -2.18. The molecule has 0 bridgehead atoms. The van der Waals surface area contributed by atoms with E-state index in [-0.39, 0.29) is 17.4 Å². The topological polar surface area (TPSA) is 84.5 Å². The van der Waals surface area contributed by atoms with Gasteiger partial charge in [-0.1, -0.05) is 15.9 Å². The molecule has 0 fully saturated rings. The van der Waals surface area contributed by atoms with Gasteiger partial charge in [-0.05, 0) is 56.3 Å². The lowest BCUT2D eigenvalue weighted by molar-refractivity contribution is -0.124. The molecule has 6 nitrogen and oxygen atoms in total. The van der Waals surface area contributed by atoms with Gasteiger partial charge in [-0.25, -0.2) is 8.42 Å². The van der Waals surface area contributed by atoms with Gasteiger partial charge in [0.2, 0.25) is 5.91 Å². The van der Waals surface area contributed by atoms with E-state index in [0.29, 0.717) is 17.1 Å². The lowest BCUT2D eigenvalue weighted by atomic mass is 9.94. The average Bonchev–Trinajstić information content (AvgIpc) is 2.64. The summed E-state index contributed by atoms with van der Waals surface area (Å²) in [7, 11) is -3.73. The molecule has 0 unspecified atom stereocenters. The highest BCUT2D eigenvalue weighted by molar-refractivity contribution is 9.10. The molecule has 2 aromatic rings. The summed E-state index contributed by atoms with van der Waals surface area (Å²) in [5, 5.41) is 2.78. The number of carbonyl (C=O) groups is 1. The van der Waals surface area contributed by atoms with Gasteiger partial charge in [0.05, 0.1) is 21.7 Å². The number of sulfonamides is 1. The van der Waals surface area contributed by atoms with Crippen molar-refractivity contribution < 1.29 is 17.9 Å². The molecule has 0 atom stereocenters. The second kappa shape index (κ2) is 6.34. The predicted molar refractivity (Wildman–Crippen MR) is 99.3 cm³/mol. The first-order valence-corrected chi connectivity index (χ1v) is 9.82. The number of nitrogens with one attached hydrogen (secondary N) is 2. The average molecular weight is 425 g/mol. The molecular weight excluding hydrogens is 408 g/mol. The molecule has 0 radical (unpaired) electrons. The number of rotatable bonds is 3. The quantitative estimate of drug-likeness (QED) is 0.787. The van der Waals surface area contributed by atoms with Gasteiger partial charge in [0.1, 0.15) is 12.4 Å². The van der Waals surface area contributed by atoms with Crippen molar-refractivity contribution in [1.29, 1.82) is 0 Å². The van der Waals surface area contributed by atoms with Crippen LogP contribution in [0.1, 0.15) is 13.8 Å². The first kappa shape index (κ1) is 17.8. The maximum absolute atomic E-state index is 12.5. The van der Waals surface area contributed by atoms with Crippen molar-refractivity contribution in [3.63, 3.8) is 0 Å². The minimum Gasteiger partial charge on any atom is -0.490 e. The Hall–Kier alpha value is -2.06. The molecule has 25 heavy (non-hydrogen) atoms. The van der Waals surface area contributed by atoms with Crippen molar-refractivity contribution in [3.05, 3.63) is 46.9 Å². The fraction of sp³-hybridized carbons (Fsp3) is 0.235.